The van der Waals surface area contributed by atoms with Crippen molar-refractivity contribution in [3.05, 3.63) is 42.1 Å². The van der Waals surface area contributed by atoms with E-state index in [1.54, 1.807) is 12.3 Å². The van der Waals surface area contributed by atoms with Gasteiger partial charge in [-0.2, -0.15) is 0 Å². The Morgan fingerprint density at radius 2 is 2.11 bits per heavy atom. The number of nitrogens with zero attached hydrogens (tertiary/aromatic N) is 3. The van der Waals surface area contributed by atoms with Crippen LogP contribution in [0.25, 0.3) is 22.3 Å². The van der Waals surface area contributed by atoms with E-state index in [1.807, 2.05) is 6.07 Å². The van der Waals surface area contributed by atoms with Crippen molar-refractivity contribution in [3.8, 4) is 11.4 Å². The van der Waals surface area contributed by atoms with E-state index in [4.69, 9.17) is 5.73 Å². The van der Waals surface area contributed by atoms with Gasteiger partial charge in [0.25, 0.3) is 0 Å². The number of hydrogen-bond donors (Lipinski definition) is 2. The van der Waals surface area contributed by atoms with Crippen molar-refractivity contribution in [1.29, 1.82) is 0 Å². The Hall–Kier alpha value is -2.34. The highest BCUT2D eigenvalue weighted by Gasteiger charge is 2.06. The van der Waals surface area contributed by atoms with Gasteiger partial charge in [-0.1, -0.05) is 0 Å². The maximum absolute atomic E-state index is 13.1. The van der Waals surface area contributed by atoms with Gasteiger partial charge in [-0.05, 0) is 24.3 Å². The molecule has 0 spiro atoms. The predicted octanol–water partition coefficient (Wildman–Crippen LogP) is 1.62. The zero-order chi connectivity index (χ0) is 12.5. The van der Waals surface area contributed by atoms with Crippen molar-refractivity contribution in [1.82, 2.24) is 20.2 Å². The molecular weight excluding hydrogens is 233 g/mol. The van der Waals surface area contributed by atoms with Gasteiger partial charge in [0.1, 0.15) is 11.5 Å². The van der Waals surface area contributed by atoms with Crippen molar-refractivity contribution < 1.29 is 4.39 Å². The molecule has 0 saturated heterocycles. The van der Waals surface area contributed by atoms with E-state index in [0.29, 0.717) is 11.5 Å². The summed E-state index contributed by atoms with van der Waals surface area (Å²) in [6.07, 6.45) is 1.59. The minimum atomic E-state index is -0.268. The molecule has 3 aromatic rings. The van der Waals surface area contributed by atoms with Crippen LogP contribution in [-0.2, 0) is 6.54 Å². The van der Waals surface area contributed by atoms with E-state index < -0.39 is 0 Å². The second-order valence-corrected chi connectivity index (χ2v) is 3.88. The normalized spacial score (nSPS) is 11.0. The fourth-order valence-corrected chi connectivity index (χ4v) is 1.76. The van der Waals surface area contributed by atoms with Crippen molar-refractivity contribution >= 4 is 10.9 Å². The van der Waals surface area contributed by atoms with Crippen LogP contribution in [0, 0.1) is 5.82 Å². The van der Waals surface area contributed by atoms with E-state index >= 15 is 0 Å². The quantitative estimate of drug-likeness (QED) is 0.716. The second kappa shape index (κ2) is 4.15. The van der Waals surface area contributed by atoms with Crippen LogP contribution in [-0.4, -0.2) is 20.2 Å². The van der Waals surface area contributed by atoms with Gasteiger partial charge >= 0.3 is 0 Å². The van der Waals surface area contributed by atoms with Crippen LogP contribution in [0.1, 0.15) is 5.82 Å². The Bertz CT molecular complexity index is 689. The van der Waals surface area contributed by atoms with Crippen LogP contribution < -0.4 is 5.73 Å². The first-order valence-corrected chi connectivity index (χ1v) is 5.43. The van der Waals surface area contributed by atoms with E-state index in [-0.39, 0.29) is 12.4 Å². The molecule has 2 heterocycles. The zero-order valence-electron chi connectivity index (χ0n) is 9.39. The third-order valence-electron chi connectivity index (χ3n) is 2.65. The monoisotopic (exact) mass is 243 g/mol. The number of halogens is 1. The van der Waals surface area contributed by atoms with Crippen LogP contribution in [0.5, 0.6) is 0 Å². The summed E-state index contributed by atoms with van der Waals surface area (Å²) < 4.78 is 13.1. The van der Waals surface area contributed by atoms with Gasteiger partial charge in [-0.15, -0.1) is 10.2 Å². The molecule has 0 amide bonds. The molecule has 2 aromatic heterocycles. The minimum absolute atomic E-state index is 0.255. The molecule has 0 fully saturated rings. The van der Waals surface area contributed by atoms with Gasteiger partial charge in [-0.3, -0.25) is 0 Å². The number of aromatic amines is 1. The SMILES string of the molecule is NCc1ncc(-c2cc3cc(F)ccc3[nH]2)nn1. The zero-order valence-corrected chi connectivity index (χ0v) is 9.39. The van der Waals surface area contributed by atoms with E-state index in [0.717, 1.165) is 16.6 Å². The maximum Gasteiger partial charge on any atom is 0.164 e. The molecule has 0 unspecified atom stereocenters. The lowest BCUT2D eigenvalue weighted by atomic mass is 10.2. The van der Waals surface area contributed by atoms with E-state index in [9.17, 15) is 4.39 Å². The molecule has 18 heavy (non-hydrogen) atoms. The Balaban J connectivity index is 2.07. The first-order chi connectivity index (χ1) is 8.76. The Morgan fingerprint density at radius 1 is 1.22 bits per heavy atom. The molecule has 3 rings (SSSR count). The highest BCUT2D eigenvalue weighted by atomic mass is 19.1. The molecule has 3 N–H and O–H groups in total. The van der Waals surface area contributed by atoms with Crippen LogP contribution >= 0.6 is 0 Å². The lowest BCUT2D eigenvalue weighted by Gasteiger charge is -1.96. The number of benzene rings is 1. The summed E-state index contributed by atoms with van der Waals surface area (Å²) in [6.45, 7) is 0.255. The summed E-state index contributed by atoms with van der Waals surface area (Å²) >= 11 is 0. The third kappa shape index (κ3) is 1.82. The Kier molecular flexibility index (Phi) is 2.49. The van der Waals surface area contributed by atoms with Gasteiger partial charge in [0.05, 0.1) is 18.4 Å². The van der Waals surface area contributed by atoms with Crippen LogP contribution in [0.15, 0.2) is 30.5 Å². The molecular formula is C12H10FN5. The molecule has 0 aliphatic heterocycles. The topological polar surface area (TPSA) is 80.5 Å². The van der Waals surface area contributed by atoms with Crippen LogP contribution in [0.4, 0.5) is 4.39 Å². The van der Waals surface area contributed by atoms with E-state index in [1.165, 1.54) is 12.1 Å². The van der Waals surface area contributed by atoms with Crippen molar-refractivity contribution in [3.63, 3.8) is 0 Å². The average Bonchev–Trinajstić information content (AvgIpc) is 2.81. The molecule has 5 nitrogen and oxygen atoms in total. The first-order valence-electron chi connectivity index (χ1n) is 5.43. The Morgan fingerprint density at radius 3 is 2.83 bits per heavy atom. The number of aromatic nitrogens is 4. The summed E-state index contributed by atoms with van der Waals surface area (Å²) in [7, 11) is 0. The predicted molar refractivity (Wildman–Crippen MR) is 65.0 cm³/mol. The molecule has 0 atom stereocenters. The number of fused-ring (bicyclic) bond motifs is 1. The Labute approximate surface area is 102 Å². The third-order valence-corrected chi connectivity index (χ3v) is 2.65. The summed E-state index contributed by atoms with van der Waals surface area (Å²) in [5.41, 5.74) is 7.60. The van der Waals surface area contributed by atoms with E-state index in [2.05, 4.69) is 20.2 Å². The number of hydrogen-bond acceptors (Lipinski definition) is 4. The molecule has 0 radical (unpaired) electrons. The first kappa shape index (κ1) is 10.8. The van der Waals surface area contributed by atoms with Crippen LogP contribution in [0.3, 0.4) is 0 Å². The highest BCUT2D eigenvalue weighted by molar-refractivity contribution is 5.85. The van der Waals surface area contributed by atoms with Gasteiger partial charge in [0.2, 0.25) is 0 Å². The molecule has 0 bridgehead atoms. The fourth-order valence-electron chi connectivity index (χ4n) is 1.76. The van der Waals surface area contributed by atoms with Gasteiger partial charge in [-0.25, -0.2) is 9.37 Å². The van der Waals surface area contributed by atoms with Crippen molar-refractivity contribution in [2.45, 2.75) is 6.54 Å². The lowest BCUT2D eigenvalue weighted by Crippen LogP contribution is -2.04. The molecule has 90 valence electrons. The number of nitrogens with one attached hydrogen (secondary N) is 1. The van der Waals surface area contributed by atoms with Gasteiger partial charge in [0, 0.05) is 10.9 Å². The van der Waals surface area contributed by atoms with Crippen LogP contribution in [0.2, 0.25) is 0 Å². The number of rotatable bonds is 2. The lowest BCUT2D eigenvalue weighted by molar-refractivity contribution is 0.630. The largest absolute Gasteiger partial charge is 0.353 e. The molecule has 0 aliphatic rings. The summed E-state index contributed by atoms with van der Waals surface area (Å²) in [5.74, 6) is 0.219. The fraction of sp³-hybridized carbons (Fsp3) is 0.0833. The number of H-pyrrole nitrogens is 1. The summed E-state index contributed by atoms with van der Waals surface area (Å²) in [4.78, 5) is 7.20. The summed E-state index contributed by atoms with van der Waals surface area (Å²) in [5, 5.41) is 8.69. The molecule has 1 aromatic carbocycles. The average molecular weight is 243 g/mol. The maximum atomic E-state index is 13.1. The molecule has 0 saturated carbocycles. The van der Waals surface area contributed by atoms with Gasteiger partial charge < -0.3 is 10.7 Å². The summed E-state index contributed by atoms with van der Waals surface area (Å²) in [6, 6.07) is 6.37. The smallest absolute Gasteiger partial charge is 0.164 e. The molecule has 6 heteroatoms. The number of nitrogens with two attached hydrogens (primary N) is 1. The van der Waals surface area contributed by atoms with Gasteiger partial charge in [0.15, 0.2) is 5.82 Å². The minimum Gasteiger partial charge on any atom is -0.353 e. The van der Waals surface area contributed by atoms with Crippen molar-refractivity contribution in [2.75, 3.05) is 0 Å². The standard InChI is InChI=1S/C12H10FN5/c13-8-1-2-9-7(3-8)4-10(16-9)11-6-15-12(5-14)18-17-11/h1-4,6,16H,5,14H2. The second-order valence-electron chi connectivity index (χ2n) is 3.88. The van der Waals surface area contributed by atoms with Crippen molar-refractivity contribution in [2.24, 2.45) is 5.73 Å². The highest BCUT2D eigenvalue weighted by Crippen LogP contribution is 2.22. The molecule has 0 aliphatic carbocycles.